The minimum atomic E-state index is -1.38. The van der Waals surface area contributed by atoms with E-state index >= 15 is 0 Å². The van der Waals surface area contributed by atoms with Gasteiger partial charge in [-0.15, -0.1) is 11.6 Å². The van der Waals surface area contributed by atoms with Gasteiger partial charge < -0.3 is 14.5 Å². The van der Waals surface area contributed by atoms with Gasteiger partial charge in [-0.3, -0.25) is 9.59 Å². The number of nitrogens with zero attached hydrogens (tertiary/aromatic N) is 3. The highest BCUT2D eigenvalue weighted by Crippen LogP contribution is 2.62. The molecule has 1 saturated carbocycles. The number of carbonyl (C=O) groups excluding carboxylic acids is 2. The third kappa shape index (κ3) is 2.88. The Labute approximate surface area is 166 Å². The minimum Gasteiger partial charge on any atom is -0.495 e. The molecule has 138 valence electrons. The molecule has 2 fully saturated rings. The summed E-state index contributed by atoms with van der Waals surface area (Å²) in [5.74, 6) is -0.303. The summed E-state index contributed by atoms with van der Waals surface area (Å²) in [5.41, 5.74) is 0.982. The fourth-order valence-electron chi connectivity index (χ4n) is 3.14. The van der Waals surface area contributed by atoms with E-state index in [-0.39, 0.29) is 12.3 Å². The normalized spacial score (nSPS) is 26.4. The number of anilines is 1. The quantitative estimate of drug-likeness (QED) is 0.707. The smallest absolute Gasteiger partial charge is 0.249 e. The lowest BCUT2D eigenvalue weighted by molar-refractivity contribution is -0.137. The van der Waals surface area contributed by atoms with Crippen molar-refractivity contribution < 1.29 is 14.3 Å². The Morgan fingerprint density at radius 1 is 1.42 bits per heavy atom. The molecule has 26 heavy (non-hydrogen) atoms. The third-order valence-electron chi connectivity index (χ3n) is 4.84. The number of benzene rings is 1. The zero-order valence-electron chi connectivity index (χ0n) is 14.1. The summed E-state index contributed by atoms with van der Waals surface area (Å²) in [6.07, 6.45) is 0.596. The number of hydrogen-bond donors (Lipinski definition) is 0. The maximum absolute atomic E-state index is 12.8. The van der Waals surface area contributed by atoms with Gasteiger partial charge in [0.05, 0.1) is 12.7 Å². The number of likely N-dealkylation sites (N-methyl/N-ethyl adjacent to an activating group) is 1. The molecule has 0 N–H and O–H groups in total. The largest absolute Gasteiger partial charge is 0.495 e. The fraction of sp³-hybridized carbons (Fsp3) is 0.471. The van der Waals surface area contributed by atoms with E-state index in [1.165, 1.54) is 19.1 Å². The number of rotatable bonds is 4. The maximum Gasteiger partial charge on any atom is 0.249 e. The molecule has 2 amide bonds. The van der Waals surface area contributed by atoms with Gasteiger partial charge in [-0.2, -0.15) is 5.26 Å². The first-order valence-corrected chi connectivity index (χ1v) is 9.03. The standard InChI is InChI=1S/C17H16Cl3N3O3/c1-22(15(25)16(18)9-17(16,19)20)12-5-6-23(14(12)24)11-4-3-10(8-21)13(7-11)26-2/h3-4,7,12H,5-6,9H2,1-2H3. The Bertz CT molecular complexity index is 823. The number of methoxy groups -OCH3 is 1. The van der Waals surface area contributed by atoms with Gasteiger partial charge in [-0.25, -0.2) is 0 Å². The summed E-state index contributed by atoms with van der Waals surface area (Å²) in [7, 11) is 2.99. The lowest BCUT2D eigenvalue weighted by atomic mass is 10.2. The second-order valence-electron chi connectivity index (χ2n) is 6.39. The second kappa shape index (κ2) is 6.49. The van der Waals surface area contributed by atoms with E-state index in [0.717, 1.165) is 0 Å². The van der Waals surface area contributed by atoms with Crippen LogP contribution in [0, 0.1) is 11.3 Å². The van der Waals surface area contributed by atoms with E-state index in [2.05, 4.69) is 0 Å². The second-order valence-corrected chi connectivity index (χ2v) is 8.52. The molecule has 2 unspecified atom stereocenters. The van der Waals surface area contributed by atoms with Crippen molar-refractivity contribution in [2.24, 2.45) is 0 Å². The van der Waals surface area contributed by atoms with Crippen LogP contribution in [0.15, 0.2) is 18.2 Å². The van der Waals surface area contributed by atoms with Gasteiger partial charge in [-0.05, 0) is 18.6 Å². The molecule has 9 heteroatoms. The molecule has 2 aliphatic rings. The Balaban J connectivity index is 1.78. The number of amides is 2. The van der Waals surface area contributed by atoms with E-state index < -0.39 is 21.2 Å². The molecule has 1 aliphatic heterocycles. The highest BCUT2D eigenvalue weighted by molar-refractivity contribution is 6.62. The number of alkyl halides is 3. The van der Waals surface area contributed by atoms with E-state index in [1.54, 1.807) is 23.1 Å². The molecular weight excluding hydrogens is 401 g/mol. The van der Waals surface area contributed by atoms with Crippen LogP contribution in [0.4, 0.5) is 5.69 Å². The van der Waals surface area contributed by atoms with Crippen molar-refractivity contribution in [2.75, 3.05) is 25.6 Å². The zero-order chi connectivity index (χ0) is 19.3. The molecule has 0 bridgehead atoms. The number of halogens is 3. The molecule has 3 rings (SSSR count). The Morgan fingerprint density at radius 3 is 2.62 bits per heavy atom. The minimum absolute atomic E-state index is 0.144. The molecule has 1 aliphatic carbocycles. The summed E-state index contributed by atoms with van der Waals surface area (Å²) < 4.78 is 3.88. The van der Waals surface area contributed by atoms with Gasteiger partial charge in [-0.1, -0.05) is 23.2 Å². The molecule has 0 radical (unpaired) electrons. The van der Waals surface area contributed by atoms with Crippen molar-refractivity contribution in [3.63, 3.8) is 0 Å². The van der Waals surface area contributed by atoms with Crippen molar-refractivity contribution in [1.29, 1.82) is 5.26 Å². The molecule has 0 spiro atoms. The van der Waals surface area contributed by atoms with E-state index in [4.69, 9.17) is 44.8 Å². The summed E-state index contributed by atoms with van der Waals surface area (Å²) in [6, 6.07) is 6.28. The van der Waals surface area contributed by atoms with Gasteiger partial charge >= 0.3 is 0 Å². The predicted octanol–water partition coefficient (Wildman–Crippen LogP) is 2.69. The fourth-order valence-corrected chi connectivity index (χ4v) is 4.17. The third-order valence-corrected chi connectivity index (χ3v) is 6.57. The van der Waals surface area contributed by atoms with Crippen LogP contribution in [0.5, 0.6) is 5.75 Å². The first-order valence-electron chi connectivity index (χ1n) is 7.90. The molecule has 0 aromatic heterocycles. The van der Waals surface area contributed by atoms with Crippen LogP contribution in [0.25, 0.3) is 0 Å². The average molecular weight is 417 g/mol. The van der Waals surface area contributed by atoms with Crippen molar-refractivity contribution in [3.05, 3.63) is 23.8 Å². The Hall–Kier alpha value is -1.68. The number of carbonyl (C=O) groups is 2. The molecule has 1 saturated heterocycles. The van der Waals surface area contributed by atoms with Crippen LogP contribution >= 0.6 is 34.8 Å². The number of hydrogen-bond acceptors (Lipinski definition) is 4. The lowest BCUT2D eigenvalue weighted by Crippen LogP contribution is -2.47. The summed E-state index contributed by atoms with van der Waals surface area (Å²) >= 11 is 18.1. The summed E-state index contributed by atoms with van der Waals surface area (Å²) in [6.45, 7) is 0.429. The van der Waals surface area contributed by atoms with Crippen LogP contribution in [0.2, 0.25) is 0 Å². The van der Waals surface area contributed by atoms with Gasteiger partial charge in [0.25, 0.3) is 0 Å². The number of nitriles is 1. The molecule has 1 aromatic rings. The van der Waals surface area contributed by atoms with Crippen LogP contribution in [-0.2, 0) is 9.59 Å². The molecule has 1 aromatic carbocycles. The van der Waals surface area contributed by atoms with Gasteiger partial charge in [0.1, 0.15) is 22.2 Å². The van der Waals surface area contributed by atoms with Crippen LogP contribution in [-0.4, -0.2) is 52.7 Å². The SMILES string of the molecule is COc1cc(N2CCC(N(C)C(=O)C3(Cl)CC3(Cl)Cl)C2=O)ccc1C#N. The number of ether oxygens (including phenoxy) is 1. The van der Waals surface area contributed by atoms with Crippen molar-refractivity contribution >= 4 is 52.3 Å². The van der Waals surface area contributed by atoms with Gasteiger partial charge in [0.15, 0.2) is 4.87 Å². The molecule has 2 atom stereocenters. The monoisotopic (exact) mass is 415 g/mol. The molecular formula is C17H16Cl3N3O3. The predicted molar refractivity (Wildman–Crippen MR) is 98.9 cm³/mol. The van der Waals surface area contributed by atoms with E-state index in [1.807, 2.05) is 6.07 Å². The van der Waals surface area contributed by atoms with Crippen LogP contribution < -0.4 is 9.64 Å². The highest BCUT2D eigenvalue weighted by atomic mass is 35.5. The molecule has 1 heterocycles. The van der Waals surface area contributed by atoms with Crippen molar-refractivity contribution in [1.82, 2.24) is 4.90 Å². The van der Waals surface area contributed by atoms with Crippen molar-refractivity contribution in [3.8, 4) is 11.8 Å². The average Bonchev–Trinajstić information content (AvgIpc) is 2.94. The topological polar surface area (TPSA) is 73.6 Å². The Morgan fingerprint density at radius 2 is 2.08 bits per heavy atom. The maximum atomic E-state index is 12.8. The zero-order valence-corrected chi connectivity index (χ0v) is 16.4. The summed E-state index contributed by atoms with van der Waals surface area (Å²) in [4.78, 5) is 26.9. The van der Waals surface area contributed by atoms with Crippen LogP contribution in [0.3, 0.4) is 0 Å². The van der Waals surface area contributed by atoms with Crippen molar-refractivity contribution in [2.45, 2.75) is 28.1 Å². The van der Waals surface area contributed by atoms with E-state index in [0.29, 0.717) is 30.0 Å². The summed E-state index contributed by atoms with van der Waals surface area (Å²) in [5, 5.41) is 9.07. The molecule has 6 nitrogen and oxygen atoms in total. The van der Waals surface area contributed by atoms with Gasteiger partial charge in [0.2, 0.25) is 11.8 Å². The highest BCUT2D eigenvalue weighted by Gasteiger charge is 2.72. The first kappa shape index (κ1) is 19.1. The van der Waals surface area contributed by atoms with Crippen LogP contribution in [0.1, 0.15) is 18.4 Å². The first-order chi connectivity index (χ1) is 12.2. The van der Waals surface area contributed by atoms with Gasteiger partial charge in [0, 0.05) is 31.8 Å². The lowest BCUT2D eigenvalue weighted by Gasteiger charge is -2.26. The Kier molecular flexibility index (Phi) is 4.76. The van der Waals surface area contributed by atoms with E-state index in [9.17, 15) is 9.59 Å².